The maximum absolute atomic E-state index is 13.5. The Balaban J connectivity index is 1.83. The summed E-state index contributed by atoms with van der Waals surface area (Å²) < 4.78 is 13.7. The second-order valence-corrected chi connectivity index (χ2v) is 5.76. The van der Waals surface area contributed by atoms with Gasteiger partial charge in [-0.25, -0.2) is 4.39 Å². The number of hydrogen-bond donors (Lipinski definition) is 2. The van der Waals surface area contributed by atoms with Crippen LogP contribution in [0, 0.1) is 5.82 Å². The highest BCUT2D eigenvalue weighted by Gasteiger charge is 2.14. The zero-order chi connectivity index (χ0) is 14.8. The Morgan fingerprint density at radius 2 is 2.10 bits per heavy atom. The molecule has 2 N–H and O–H groups in total. The molecular weight excluding hydrogens is 335 g/mol. The topological polar surface area (TPSA) is 41.1 Å². The van der Waals surface area contributed by atoms with Gasteiger partial charge in [0.15, 0.2) is 0 Å². The molecule has 0 fully saturated rings. The van der Waals surface area contributed by atoms with E-state index >= 15 is 0 Å². The number of anilines is 1. The minimum atomic E-state index is -0.447. The van der Waals surface area contributed by atoms with E-state index in [2.05, 4.69) is 26.6 Å². The van der Waals surface area contributed by atoms with Gasteiger partial charge in [0.2, 0.25) is 0 Å². The monoisotopic (exact) mass is 348 g/mol. The molecule has 1 aliphatic heterocycles. The normalized spacial score (nSPS) is 13.6. The van der Waals surface area contributed by atoms with Crippen molar-refractivity contribution in [3.63, 3.8) is 0 Å². The molecule has 0 aliphatic carbocycles. The van der Waals surface area contributed by atoms with Gasteiger partial charge in [0.25, 0.3) is 5.91 Å². The van der Waals surface area contributed by atoms with Gasteiger partial charge in [0.05, 0.1) is 10.0 Å². The van der Waals surface area contributed by atoms with Crippen molar-refractivity contribution < 1.29 is 9.18 Å². The van der Waals surface area contributed by atoms with Crippen LogP contribution in [0.2, 0.25) is 0 Å². The van der Waals surface area contributed by atoms with Crippen LogP contribution in [-0.2, 0) is 13.0 Å². The third-order valence-electron chi connectivity index (χ3n) is 3.55. The predicted molar refractivity (Wildman–Crippen MR) is 83.9 cm³/mol. The lowest BCUT2D eigenvalue weighted by Crippen LogP contribution is -2.23. The molecule has 5 heteroatoms. The fourth-order valence-electron chi connectivity index (χ4n) is 2.44. The Hall–Kier alpha value is -1.72. The van der Waals surface area contributed by atoms with E-state index in [0.29, 0.717) is 0 Å². The summed E-state index contributed by atoms with van der Waals surface area (Å²) in [5, 5.41) is 6.11. The maximum Gasteiger partial charge on any atom is 0.256 e. The second-order valence-electron chi connectivity index (χ2n) is 4.97. The summed E-state index contributed by atoms with van der Waals surface area (Å²) in [6.07, 6.45) is 0.999. The third-order valence-corrected chi connectivity index (χ3v) is 4.35. The molecule has 0 saturated carbocycles. The fraction of sp³-hybridized carbons (Fsp3) is 0.188. The van der Waals surface area contributed by atoms with E-state index in [9.17, 15) is 9.18 Å². The highest BCUT2D eigenvalue weighted by Crippen LogP contribution is 2.23. The van der Waals surface area contributed by atoms with Crippen molar-refractivity contribution in [2.24, 2.45) is 0 Å². The van der Waals surface area contributed by atoms with Crippen LogP contribution in [0.4, 0.5) is 10.1 Å². The molecule has 2 aromatic carbocycles. The molecule has 2 aromatic rings. The van der Waals surface area contributed by atoms with Gasteiger partial charge in [-0.2, -0.15) is 0 Å². The van der Waals surface area contributed by atoms with Crippen molar-refractivity contribution in [3.05, 3.63) is 63.4 Å². The van der Waals surface area contributed by atoms with Crippen LogP contribution in [0.1, 0.15) is 21.5 Å². The van der Waals surface area contributed by atoms with Gasteiger partial charge in [-0.05, 0) is 64.3 Å². The summed E-state index contributed by atoms with van der Waals surface area (Å²) in [4.78, 5) is 12.2. The Labute approximate surface area is 130 Å². The van der Waals surface area contributed by atoms with Crippen molar-refractivity contribution in [1.82, 2.24) is 5.32 Å². The van der Waals surface area contributed by atoms with E-state index in [1.807, 2.05) is 18.2 Å². The molecule has 1 aliphatic rings. The molecule has 3 rings (SSSR count). The molecule has 1 amide bonds. The molecule has 0 spiro atoms. The van der Waals surface area contributed by atoms with Crippen LogP contribution in [0.5, 0.6) is 0 Å². The summed E-state index contributed by atoms with van der Waals surface area (Å²) in [6.45, 7) is 1.79. The quantitative estimate of drug-likeness (QED) is 0.872. The first-order valence-electron chi connectivity index (χ1n) is 6.73. The Morgan fingerprint density at radius 3 is 2.95 bits per heavy atom. The summed E-state index contributed by atoms with van der Waals surface area (Å²) in [5.41, 5.74) is 3.50. The molecule has 0 bridgehead atoms. The Morgan fingerprint density at radius 1 is 1.24 bits per heavy atom. The van der Waals surface area contributed by atoms with E-state index in [1.54, 1.807) is 6.07 Å². The third kappa shape index (κ3) is 2.99. The molecular formula is C16H14BrFN2O. The number of fused-ring (bicyclic) bond motifs is 1. The average Bonchev–Trinajstić information content (AvgIpc) is 2.50. The summed E-state index contributed by atoms with van der Waals surface area (Å²) in [7, 11) is 0. The molecule has 21 heavy (non-hydrogen) atoms. The van der Waals surface area contributed by atoms with Crippen LogP contribution in [0.15, 0.2) is 40.9 Å². The summed E-state index contributed by atoms with van der Waals surface area (Å²) in [6, 6.07) is 10.3. The maximum atomic E-state index is 13.5. The van der Waals surface area contributed by atoms with Gasteiger partial charge in [0, 0.05) is 12.2 Å². The first-order chi connectivity index (χ1) is 10.1. The van der Waals surface area contributed by atoms with Crippen LogP contribution >= 0.6 is 15.9 Å². The minimum Gasteiger partial charge on any atom is -0.322 e. The highest BCUT2D eigenvalue weighted by atomic mass is 79.9. The average molecular weight is 349 g/mol. The van der Waals surface area contributed by atoms with E-state index in [0.717, 1.165) is 25.2 Å². The molecule has 0 unspecified atom stereocenters. The fourth-order valence-corrected chi connectivity index (χ4v) is 2.88. The second kappa shape index (κ2) is 5.95. The van der Waals surface area contributed by atoms with Crippen LogP contribution in [0.3, 0.4) is 0 Å². The van der Waals surface area contributed by atoms with Crippen LogP contribution < -0.4 is 10.6 Å². The highest BCUT2D eigenvalue weighted by molar-refractivity contribution is 9.10. The van der Waals surface area contributed by atoms with Gasteiger partial charge in [-0.1, -0.05) is 12.1 Å². The molecule has 0 aromatic heterocycles. The lowest BCUT2D eigenvalue weighted by atomic mass is 10.0. The Bertz CT molecular complexity index is 703. The molecule has 108 valence electrons. The van der Waals surface area contributed by atoms with Gasteiger partial charge in [-0.3, -0.25) is 4.79 Å². The largest absolute Gasteiger partial charge is 0.322 e. The summed E-state index contributed by atoms with van der Waals surface area (Å²) >= 11 is 3.11. The molecule has 1 heterocycles. The number of hydrogen-bond acceptors (Lipinski definition) is 2. The van der Waals surface area contributed by atoms with Gasteiger partial charge in [0.1, 0.15) is 5.82 Å². The number of halogens is 2. The SMILES string of the molecule is O=C(Nc1ccc2c(c1)CNCC2)c1cccc(F)c1Br. The number of benzene rings is 2. The van der Waals surface area contributed by atoms with Crippen LogP contribution in [0.25, 0.3) is 0 Å². The first kappa shape index (κ1) is 14.2. The van der Waals surface area contributed by atoms with Gasteiger partial charge in [-0.15, -0.1) is 0 Å². The number of carbonyl (C=O) groups is 1. The zero-order valence-electron chi connectivity index (χ0n) is 11.2. The van der Waals surface area contributed by atoms with E-state index in [-0.39, 0.29) is 15.9 Å². The number of amides is 1. The lowest BCUT2D eigenvalue weighted by molar-refractivity contribution is 0.102. The smallest absolute Gasteiger partial charge is 0.256 e. The lowest BCUT2D eigenvalue weighted by Gasteiger charge is -2.18. The minimum absolute atomic E-state index is 0.183. The summed E-state index contributed by atoms with van der Waals surface area (Å²) in [5.74, 6) is -0.776. The van der Waals surface area contributed by atoms with Crippen molar-refractivity contribution >= 4 is 27.5 Å². The Kier molecular flexibility index (Phi) is 4.03. The molecule has 0 saturated heterocycles. The number of carbonyl (C=O) groups excluding carboxylic acids is 1. The number of rotatable bonds is 2. The van der Waals surface area contributed by atoms with E-state index < -0.39 is 5.82 Å². The molecule has 0 radical (unpaired) electrons. The van der Waals surface area contributed by atoms with Crippen molar-refractivity contribution in [2.45, 2.75) is 13.0 Å². The van der Waals surface area contributed by atoms with Crippen molar-refractivity contribution in [3.8, 4) is 0 Å². The molecule has 3 nitrogen and oxygen atoms in total. The first-order valence-corrected chi connectivity index (χ1v) is 7.52. The van der Waals surface area contributed by atoms with Gasteiger partial charge < -0.3 is 10.6 Å². The van der Waals surface area contributed by atoms with Crippen molar-refractivity contribution in [1.29, 1.82) is 0 Å². The van der Waals surface area contributed by atoms with Gasteiger partial charge >= 0.3 is 0 Å². The van der Waals surface area contributed by atoms with E-state index in [1.165, 1.54) is 23.3 Å². The number of nitrogens with one attached hydrogen (secondary N) is 2. The van der Waals surface area contributed by atoms with Crippen molar-refractivity contribution in [2.75, 3.05) is 11.9 Å². The molecule has 0 atom stereocenters. The zero-order valence-corrected chi connectivity index (χ0v) is 12.8. The van der Waals surface area contributed by atoms with E-state index in [4.69, 9.17) is 0 Å². The standard InChI is InChI=1S/C16H14BrFN2O/c17-15-13(2-1-3-14(15)18)16(21)20-12-5-4-10-6-7-19-9-11(10)8-12/h1-5,8,19H,6-7,9H2,(H,20,21). The van der Waals surface area contributed by atoms with Crippen LogP contribution in [-0.4, -0.2) is 12.5 Å². The predicted octanol–water partition coefficient (Wildman–Crippen LogP) is 3.49.